The topological polar surface area (TPSA) is 44.8 Å². The van der Waals surface area contributed by atoms with Crippen molar-refractivity contribution in [2.75, 3.05) is 0 Å². The van der Waals surface area contributed by atoms with E-state index in [-0.39, 0.29) is 41.8 Å². The van der Waals surface area contributed by atoms with E-state index in [1.165, 1.54) is 0 Å². The molecule has 0 unspecified atom stereocenters. The van der Waals surface area contributed by atoms with Gasteiger partial charge in [-0.15, -0.1) is 0 Å². The van der Waals surface area contributed by atoms with Crippen LogP contribution in [0, 0.1) is 0 Å². The molecule has 4 atom stereocenters. The first-order valence-corrected chi connectivity index (χ1v) is 12.7. The van der Waals surface area contributed by atoms with Crippen LogP contribution in [0.25, 0.3) is 0 Å². The number of allylic oxidation sites excluding steroid dienone is 1. The summed E-state index contributed by atoms with van der Waals surface area (Å²) in [5, 5.41) is 0.143. The van der Waals surface area contributed by atoms with Gasteiger partial charge in [0.05, 0.1) is 30.8 Å². The van der Waals surface area contributed by atoms with Crippen molar-refractivity contribution in [2.24, 2.45) is 0 Å². The van der Waals surface area contributed by atoms with Crippen LogP contribution in [0.3, 0.4) is 0 Å². The molecule has 144 valence electrons. The van der Waals surface area contributed by atoms with Crippen LogP contribution in [0.15, 0.2) is 12.2 Å². The van der Waals surface area contributed by atoms with E-state index in [1.54, 1.807) is 0 Å². The normalized spacial score (nSPS) is 33.8. The van der Waals surface area contributed by atoms with Crippen LogP contribution in [0.5, 0.6) is 0 Å². The zero-order valence-corrected chi connectivity index (χ0v) is 17.8. The first-order valence-electron chi connectivity index (χ1n) is 9.78. The van der Waals surface area contributed by atoms with Crippen LogP contribution in [0.4, 0.5) is 0 Å². The lowest BCUT2D eigenvalue weighted by Gasteiger charge is -2.44. The molecule has 1 fully saturated rings. The maximum absolute atomic E-state index is 12.4. The number of carbonyl (C=O) groups excluding carboxylic acids is 1. The zero-order chi connectivity index (χ0) is 18.7. The second kappa shape index (κ2) is 8.36. The van der Waals surface area contributed by atoms with Crippen molar-refractivity contribution < 1.29 is 18.7 Å². The number of hydrogen-bond acceptors (Lipinski definition) is 4. The minimum Gasteiger partial charge on any atom is -0.463 e. The molecule has 0 aromatic rings. The summed E-state index contributed by atoms with van der Waals surface area (Å²) in [6, 6.07) is 0. The molecule has 4 nitrogen and oxygen atoms in total. The molecule has 0 amide bonds. The fraction of sp³-hybridized carbons (Fsp3) is 0.850. The SMILES string of the molecule is C[C@H]1CCC/C=C\[C@H]2CC[C@H](O[Si](C)(C)C(C)(C)C)[C@@H](CC(=O)O1)O2. The Balaban J connectivity index is 2.13. The number of rotatable bonds is 2. The molecule has 0 aliphatic carbocycles. The van der Waals surface area contributed by atoms with E-state index < -0.39 is 8.32 Å². The number of ether oxygens (including phenoxy) is 2. The molecule has 2 aliphatic heterocycles. The van der Waals surface area contributed by atoms with Gasteiger partial charge in [-0.3, -0.25) is 4.79 Å². The molecule has 2 rings (SSSR count). The Morgan fingerprint density at radius 1 is 1.20 bits per heavy atom. The monoisotopic (exact) mass is 368 g/mol. The highest BCUT2D eigenvalue weighted by Crippen LogP contribution is 2.39. The summed E-state index contributed by atoms with van der Waals surface area (Å²) < 4.78 is 18.4. The van der Waals surface area contributed by atoms with Crippen LogP contribution in [-0.2, 0) is 18.7 Å². The van der Waals surface area contributed by atoms with Crippen molar-refractivity contribution in [3.63, 3.8) is 0 Å². The molecule has 5 heteroatoms. The molecule has 0 aromatic carbocycles. The van der Waals surface area contributed by atoms with Gasteiger partial charge in [0.15, 0.2) is 8.32 Å². The largest absolute Gasteiger partial charge is 0.463 e. The number of hydrogen-bond donors (Lipinski definition) is 0. The third kappa shape index (κ3) is 5.93. The van der Waals surface area contributed by atoms with Gasteiger partial charge in [0.25, 0.3) is 0 Å². The van der Waals surface area contributed by atoms with Crippen molar-refractivity contribution in [3.8, 4) is 0 Å². The molecule has 1 saturated heterocycles. The third-order valence-corrected chi connectivity index (χ3v) is 10.3. The molecule has 0 aromatic heterocycles. The highest BCUT2D eigenvalue weighted by atomic mass is 28.4. The Morgan fingerprint density at radius 3 is 2.60 bits per heavy atom. The van der Waals surface area contributed by atoms with E-state index in [2.05, 4.69) is 46.0 Å². The fourth-order valence-electron chi connectivity index (χ4n) is 3.17. The molecular formula is C20H36O4Si. The quantitative estimate of drug-likeness (QED) is 0.391. The Labute approximate surface area is 154 Å². The Hall–Kier alpha value is -0.653. The van der Waals surface area contributed by atoms with E-state index in [0.717, 1.165) is 32.1 Å². The lowest BCUT2D eigenvalue weighted by molar-refractivity contribution is -0.159. The van der Waals surface area contributed by atoms with Gasteiger partial charge in [0, 0.05) is 0 Å². The van der Waals surface area contributed by atoms with Gasteiger partial charge in [-0.25, -0.2) is 0 Å². The standard InChI is InChI=1S/C20H36O4Si/c1-15-10-8-7-9-11-16-12-13-17(18(23-16)14-19(21)22-15)24-25(5,6)20(2,3)4/h9,11,15-18H,7-8,10,12-14H2,1-6H3/b11-9-/t15-,16-,17-,18+/m0/s1. The molecule has 2 bridgehead atoms. The molecule has 0 radical (unpaired) electrons. The first kappa shape index (κ1) is 20.7. The summed E-state index contributed by atoms with van der Waals surface area (Å²) in [5.74, 6) is -0.161. The highest BCUT2D eigenvalue weighted by molar-refractivity contribution is 6.74. The summed E-state index contributed by atoms with van der Waals surface area (Å²) in [6.07, 6.45) is 9.37. The Bertz CT molecular complexity index is 481. The van der Waals surface area contributed by atoms with Gasteiger partial charge in [0.2, 0.25) is 0 Å². The molecule has 0 saturated carbocycles. The van der Waals surface area contributed by atoms with Crippen molar-refractivity contribution >= 4 is 14.3 Å². The summed E-state index contributed by atoms with van der Waals surface area (Å²) in [6.45, 7) is 13.2. The van der Waals surface area contributed by atoms with Gasteiger partial charge in [0.1, 0.15) is 0 Å². The lowest BCUT2D eigenvalue weighted by Crippen LogP contribution is -2.50. The second-order valence-electron chi connectivity index (χ2n) is 9.07. The molecule has 2 heterocycles. The summed E-state index contributed by atoms with van der Waals surface area (Å²) >= 11 is 0. The molecule has 0 N–H and O–H groups in total. The van der Waals surface area contributed by atoms with Crippen molar-refractivity contribution in [1.29, 1.82) is 0 Å². The van der Waals surface area contributed by atoms with E-state index in [1.807, 2.05) is 6.92 Å². The van der Waals surface area contributed by atoms with Gasteiger partial charge in [-0.2, -0.15) is 0 Å². The zero-order valence-electron chi connectivity index (χ0n) is 16.8. The maximum atomic E-state index is 12.4. The van der Waals surface area contributed by atoms with Crippen molar-refractivity contribution in [2.45, 2.75) is 109 Å². The van der Waals surface area contributed by atoms with Crippen LogP contribution >= 0.6 is 0 Å². The van der Waals surface area contributed by atoms with Crippen LogP contribution in [0.2, 0.25) is 18.1 Å². The summed E-state index contributed by atoms with van der Waals surface area (Å²) in [4.78, 5) is 12.4. The predicted molar refractivity (Wildman–Crippen MR) is 103 cm³/mol. The summed E-state index contributed by atoms with van der Waals surface area (Å²) in [5.41, 5.74) is 0. The van der Waals surface area contributed by atoms with Crippen LogP contribution < -0.4 is 0 Å². The first-order chi connectivity index (χ1) is 11.6. The van der Waals surface area contributed by atoms with Crippen molar-refractivity contribution in [1.82, 2.24) is 0 Å². The summed E-state index contributed by atoms with van der Waals surface area (Å²) in [7, 11) is -1.90. The van der Waals surface area contributed by atoms with Gasteiger partial charge in [-0.05, 0) is 57.2 Å². The van der Waals surface area contributed by atoms with Crippen LogP contribution in [0.1, 0.15) is 66.2 Å². The fourth-order valence-corrected chi connectivity index (χ4v) is 4.55. The average Bonchev–Trinajstić information content (AvgIpc) is 2.46. The van der Waals surface area contributed by atoms with Crippen molar-refractivity contribution in [3.05, 3.63) is 12.2 Å². The van der Waals surface area contributed by atoms with Gasteiger partial charge in [-0.1, -0.05) is 32.9 Å². The Kier molecular flexibility index (Phi) is 6.91. The molecule has 0 spiro atoms. The molecule has 25 heavy (non-hydrogen) atoms. The molecule has 2 aliphatic rings. The minimum absolute atomic E-state index is 0.0173. The van der Waals surface area contributed by atoms with Gasteiger partial charge >= 0.3 is 5.97 Å². The third-order valence-electron chi connectivity index (χ3n) is 5.78. The van der Waals surface area contributed by atoms with E-state index in [4.69, 9.17) is 13.9 Å². The van der Waals surface area contributed by atoms with Gasteiger partial charge < -0.3 is 13.9 Å². The average molecular weight is 369 g/mol. The van der Waals surface area contributed by atoms with E-state index in [9.17, 15) is 4.79 Å². The number of carbonyl (C=O) groups is 1. The molecular weight excluding hydrogens is 332 g/mol. The Morgan fingerprint density at radius 2 is 1.92 bits per heavy atom. The van der Waals surface area contributed by atoms with E-state index in [0.29, 0.717) is 0 Å². The second-order valence-corrected chi connectivity index (χ2v) is 13.8. The number of esters is 1. The maximum Gasteiger partial charge on any atom is 0.308 e. The van der Waals surface area contributed by atoms with E-state index >= 15 is 0 Å². The minimum atomic E-state index is -1.90. The lowest BCUT2D eigenvalue weighted by atomic mass is 9.98. The highest BCUT2D eigenvalue weighted by Gasteiger charge is 2.43. The predicted octanol–water partition coefficient (Wildman–Crippen LogP) is 4.99. The number of cyclic esters (lactones) is 1. The smallest absolute Gasteiger partial charge is 0.308 e. The van der Waals surface area contributed by atoms with Crippen LogP contribution in [-0.4, -0.2) is 38.7 Å². The number of fused-ring (bicyclic) bond motifs is 2.